The van der Waals surface area contributed by atoms with Crippen molar-refractivity contribution in [3.63, 3.8) is 0 Å². The summed E-state index contributed by atoms with van der Waals surface area (Å²) >= 11 is 0. The predicted octanol–water partition coefficient (Wildman–Crippen LogP) is 3.16. The molecule has 0 heterocycles. The largest absolute Gasteiger partial charge is 0.271 e. The highest BCUT2D eigenvalue weighted by Gasteiger charge is 2.17. The molecule has 1 unspecified atom stereocenters. The zero-order chi connectivity index (χ0) is 14.7. The number of aryl methyl sites for hydroxylation is 1. The molecule has 2 aromatic rings. The second kappa shape index (κ2) is 6.07. The second-order valence-corrected chi connectivity index (χ2v) is 4.66. The third-order valence-electron chi connectivity index (χ3n) is 3.26. The minimum Gasteiger partial charge on any atom is -0.271 e. The van der Waals surface area contributed by atoms with Gasteiger partial charge in [-0.2, -0.15) is 0 Å². The van der Waals surface area contributed by atoms with E-state index in [1.807, 2.05) is 0 Å². The van der Waals surface area contributed by atoms with E-state index in [4.69, 9.17) is 5.84 Å². The lowest BCUT2D eigenvalue weighted by molar-refractivity contribution is 0.501. The van der Waals surface area contributed by atoms with Crippen molar-refractivity contribution in [1.82, 2.24) is 5.43 Å². The van der Waals surface area contributed by atoms with Crippen molar-refractivity contribution >= 4 is 0 Å². The monoisotopic (exact) mass is 280 g/mol. The summed E-state index contributed by atoms with van der Waals surface area (Å²) in [6.07, 6.45) is 0.336. The molecule has 5 heteroatoms. The zero-order valence-corrected chi connectivity index (χ0v) is 11.0. The maximum atomic E-state index is 13.8. The predicted molar refractivity (Wildman–Crippen MR) is 71.3 cm³/mol. The Morgan fingerprint density at radius 1 is 1.05 bits per heavy atom. The first-order valence-electron chi connectivity index (χ1n) is 6.17. The van der Waals surface area contributed by atoms with Gasteiger partial charge in [-0.15, -0.1) is 0 Å². The molecule has 2 rings (SSSR count). The Kier molecular flexibility index (Phi) is 4.42. The Hall–Kier alpha value is -1.85. The number of benzene rings is 2. The Morgan fingerprint density at radius 2 is 1.70 bits per heavy atom. The van der Waals surface area contributed by atoms with Crippen molar-refractivity contribution in [3.8, 4) is 0 Å². The highest BCUT2D eigenvalue weighted by molar-refractivity contribution is 5.30. The molecule has 0 bridgehead atoms. The van der Waals surface area contributed by atoms with Gasteiger partial charge in [-0.3, -0.25) is 11.3 Å². The summed E-state index contributed by atoms with van der Waals surface area (Å²) in [5.41, 5.74) is 4.18. The fraction of sp³-hybridized carbons (Fsp3) is 0.200. The van der Waals surface area contributed by atoms with Crippen molar-refractivity contribution in [2.75, 3.05) is 0 Å². The highest BCUT2D eigenvalue weighted by Crippen LogP contribution is 2.23. The van der Waals surface area contributed by atoms with Crippen LogP contribution in [0.15, 0.2) is 36.4 Å². The van der Waals surface area contributed by atoms with Gasteiger partial charge in [-0.05, 0) is 54.8 Å². The van der Waals surface area contributed by atoms with Crippen molar-refractivity contribution in [2.24, 2.45) is 5.84 Å². The maximum Gasteiger partial charge on any atom is 0.128 e. The Bertz CT molecular complexity index is 614. The lowest BCUT2D eigenvalue weighted by Gasteiger charge is -2.18. The van der Waals surface area contributed by atoms with Gasteiger partial charge in [-0.1, -0.05) is 6.07 Å². The first-order valence-corrected chi connectivity index (χ1v) is 6.17. The van der Waals surface area contributed by atoms with Crippen LogP contribution in [0.4, 0.5) is 13.2 Å². The van der Waals surface area contributed by atoms with Crippen molar-refractivity contribution in [2.45, 2.75) is 19.4 Å². The lowest BCUT2D eigenvalue weighted by atomic mass is 9.96. The van der Waals surface area contributed by atoms with Crippen LogP contribution in [0, 0.1) is 24.4 Å². The number of hydrogen-bond acceptors (Lipinski definition) is 2. The van der Waals surface area contributed by atoms with Crippen LogP contribution >= 0.6 is 0 Å². The number of hydrazine groups is 1. The highest BCUT2D eigenvalue weighted by atomic mass is 19.1. The van der Waals surface area contributed by atoms with E-state index in [1.54, 1.807) is 13.0 Å². The van der Waals surface area contributed by atoms with E-state index in [2.05, 4.69) is 5.43 Å². The number of nitrogens with two attached hydrogens (primary N) is 1. The second-order valence-electron chi connectivity index (χ2n) is 4.66. The summed E-state index contributed by atoms with van der Waals surface area (Å²) in [6.45, 7) is 1.76. The minimum absolute atomic E-state index is 0.149. The first-order chi connectivity index (χ1) is 9.51. The summed E-state index contributed by atoms with van der Waals surface area (Å²) in [5.74, 6) is 4.04. The summed E-state index contributed by atoms with van der Waals surface area (Å²) in [7, 11) is 0. The molecule has 106 valence electrons. The average molecular weight is 280 g/mol. The summed E-state index contributed by atoms with van der Waals surface area (Å²) in [6, 6.07) is 6.98. The molecule has 0 saturated heterocycles. The molecule has 0 aromatic heterocycles. The van der Waals surface area contributed by atoms with Gasteiger partial charge >= 0.3 is 0 Å². The SMILES string of the molecule is Cc1cc(F)ccc1CC(NN)c1cc(F)ccc1F. The molecule has 0 radical (unpaired) electrons. The molecule has 0 amide bonds. The molecule has 2 aromatic carbocycles. The van der Waals surface area contributed by atoms with Crippen LogP contribution in [0.1, 0.15) is 22.7 Å². The quantitative estimate of drug-likeness (QED) is 0.667. The van der Waals surface area contributed by atoms with Crippen LogP contribution < -0.4 is 11.3 Å². The van der Waals surface area contributed by atoms with E-state index in [1.165, 1.54) is 12.1 Å². The molecule has 0 spiro atoms. The Balaban J connectivity index is 2.31. The van der Waals surface area contributed by atoms with Crippen molar-refractivity contribution < 1.29 is 13.2 Å². The van der Waals surface area contributed by atoms with Crippen molar-refractivity contribution in [3.05, 3.63) is 70.5 Å². The van der Waals surface area contributed by atoms with Gasteiger partial charge in [0.05, 0.1) is 6.04 Å². The third-order valence-corrected chi connectivity index (χ3v) is 3.26. The molecule has 20 heavy (non-hydrogen) atoms. The Morgan fingerprint density at radius 3 is 2.35 bits per heavy atom. The molecular weight excluding hydrogens is 265 g/mol. The zero-order valence-electron chi connectivity index (χ0n) is 11.0. The number of rotatable bonds is 4. The molecule has 2 nitrogen and oxygen atoms in total. The lowest BCUT2D eigenvalue weighted by Crippen LogP contribution is -2.30. The summed E-state index contributed by atoms with van der Waals surface area (Å²) < 4.78 is 40.0. The Labute approximate surface area is 115 Å². The number of halogens is 3. The van der Waals surface area contributed by atoms with Gasteiger partial charge < -0.3 is 0 Å². The fourth-order valence-electron chi connectivity index (χ4n) is 2.15. The van der Waals surface area contributed by atoms with Crippen LogP contribution in [-0.4, -0.2) is 0 Å². The number of hydrogen-bond donors (Lipinski definition) is 2. The summed E-state index contributed by atoms with van der Waals surface area (Å²) in [5, 5.41) is 0. The molecule has 0 aliphatic rings. The van der Waals surface area contributed by atoms with Gasteiger partial charge in [0.15, 0.2) is 0 Å². The van der Waals surface area contributed by atoms with E-state index >= 15 is 0 Å². The fourth-order valence-corrected chi connectivity index (χ4v) is 2.15. The van der Waals surface area contributed by atoms with E-state index in [0.717, 1.165) is 29.3 Å². The molecule has 0 aliphatic heterocycles. The van der Waals surface area contributed by atoms with Gasteiger partial charge in [0.2, 0.25) is 0 Å². The van der Waals surface area contributed by atoms with E-state index in [0.29, 0.717) is 6.42 Å². The molecular formula is C15H15F3N2. The van der Waals surface area contributed by atoms with Gasteiger partial charge in [0.1, 0.15) is 17.5 Å². The molecule has 1 atom stereocenters. The van der Waals surface area contributed by atoms with Crippen LogP contribution in [0.5, 0.6) is 0 Å². The molecule has 0 saturated carbocycles. The average Bonchev–Trinajstić information content (AvgIpc) is 2.41. The van der Waals surface area contributed by atoms with Crippen molar-refractivity contribution in [1.29, 1.82) is 0 Å². The van der Waals surface area contributed by atoms with E-state index in [9.17, 15) is 13.2 Å². The normalized spacial score (nSPS) is 12.4. The molecule has 3 N–H and O–H groups in total. The van der Waals surface area contributed by atoms with Crippen LogP contribution in [0.2, 0.25) is 0 Å². The van der Waals surface area contributed by atoms with Gasteiger partial charge in [0.25, 0.3) is 0 Å². The maximum absolute atomic E-state index is 13.8. The topological polar surface area (TPSA) is 38.0 Å². The minimum atomic E-state index is -0.588. The van der Waals surface area contributed by atoms with Gasteiger partial charge in [-0.25, -0.2) is 13.2 Å². The smallest absolute Gasteiger partial charge is 0.128 e. The number of nitrogens with one attached hydrogen (secondary N) is 1. The summed E-state index contributed by atoms with van der Waals surface area (Å²) in [4.78, 5) is 0. The molecule has 0 aliphatic carbocycles. The van der Waals surface area contributed by atoms with E-state index < -0.39 is 17.7 Å². The third kappa shape index (κ3) is 3.18. The van der Waals surface area contributed by atoms with Crippen LogP contribution in [0.25, 0.3) is 0 Å². The van der Waals surface area contributed by atoms with Crippen LogP contribution in [-0.2, 0) is 6.42 Å². The first kappa shape index (κ1) is 14.6. The molecule has 0 fully saturated rings. The van der Waals surface area contributed by atoms with Gasteiger partial charge in [0, 0.05) is 5.56 Å². The van der Waals surface area contributed by atoms with Crippen LogP contribution in [0.3, 0.4) is 0 Å². The van der Waals surface area contributed by atoms with E-state index in [-0.39, 0.29) is 11.4 Å². The standard InChI is InChI=1S/C15H15F3N2/c1-9-6-11(16)3-2-10(9)7-15(20-19)13-8-12(17)4-5-14(13)18/h2-6,8,15,20H,7,19H2,1H3.